The minimum absolute atomic E-state index is 0.0195. The Kier molecular flexibility index (Phi) is 3.11. The van der Waals surface area contributed by atoms with Crippen molar-refractivity contribution in [3.63, 3.8) is 0 Å². The maximum atomic E-state index is 12.4. The summed E-state index contributed by atoms with van der Waals surface area (Å²) in [6.45, 7) is -3.07. The van der Waals surface area contributed by atoms with Crippen molar-refractivity contribution < 1.29 is 13.0 Å². The number of hydrogen-bond donors (Lipinski definition) is 2. The van der Waals surface area contributed by atoms with Gasteiger partial charge in [-0.25, -0.2) is 14.6 Å². The van der Waals surface area contributed by atoms with Gasteiger partial charge in [0.25, 0.3) is 0 Å². The van der Waals surface area contributed by atoms with Crippen LogP contribution in [0.5, 0.6) is 0 Å². The average Bonchev–Trinajstić information content (AvgIpc) is 3.38. The van der Waals surface area contributed by atoms with Crippen LogP contribution in [0.15, 0.2) is 24.5 Å². The lowest BCUT2D eigenvalue weighted by atomic mass is 10.1. The van der Waals surface area contributed by atoms with Crippen molar-refractivity contribution in [2.75, 3.05) is 17.6 Å². The number of hydrogen-bond acceptors (Lipinski definition) is 8. The number of fused-ring (bicyclic) bond motifs is 2. The fourth-order valence-corrected chi connectivity index (χ4v) is 3.22. The molecular formula is C21H19N9O. The molecule has 10 nitrogen and oxygen atoms in total. The lowest BCUT2D eigenvalue weighted by Gasteiger charge is -2.08. The van der Waals surface area contributed by atoms with Crippen molar-refractivity contribution in [1.82, 2.24) is 35.2 Å². The van der Waals surface area contributed by atoms with Crippen molar-refractivity contribution in [2.45, 2.75) is 13.3 Å². The summed E-state index contributed by atoms with van der Waals surface area (Å²) in [6, 6.07) is 3.01. The van der Waals surface area contributed by atoms with Crippen LogP contribution in [0.2, 0.25) is 0 Å². The molecule has 1 aliphatic rings. The summed E-state index contributed by atoms with van der Waals surface area (Å²) in [5.74, 6) is 6.00. The summed E-state index contributed by atoms with van der Waals surface area (Å²) < 4.78 is 46.1. The van der Waals surface area contributed by atoms with Gasteiger partial charge in [0.1, 0.15) is 16.7 Å². The number of carbonyl (C=O) groups excluding carboxylic acids is 1. The van der Waals surface area contributed by atoms with Crippen LogP contribution in [-0.4, -0.2) is 48.0 Å². The van der Waals surface area contributed by atoms with Gasteiger partial charge in [-0.3, -0.25) is 4.79 Å². The SMILES string of the molecule is [2H]C([2H])([2H])Nc1ncc(C#Cc2cc3c(cn2)nnn3C([2H])([2H])[2H])c2cc(NC(=O)[C@H]3C[C@H]3C)nnc12. The molecule has 0 radical (unpaired) electrons. The molecule has 2 atom stereocenters. The molecule has 0 aliphatic heterocycles. The molecule has 1 saturated carbocycles. The van der Waals surface area contributed by atoms with Crippen molar-refractivity contribution in [1.29, 1.82) is 0 Å². The summed E-state index contributed by atoms with van der Waals surface area (Å²) >= 11 is 0. The molecule has 10 heteroatoms. The van der Waals surface area contributed by atoms with Crippen LogP contribution < -0.4 is 10.6 Å². The highest BCUT2D eigenvalue weighted by Crippen LogP contribution is 2.38. The van der Waals surface area contributed by atoms with Gasteiger partial charge in [0.05, 0.1) is 17.3 Å². The zero-order valence-electron chi connectivity index (χ0n) is 22.2. The van der Waals surface area contributed by atoms with E-state index < -0.39 is 14.0 Å². The molecule has 154 valence electrons. The van der Waals surface area contributed by atoms with Crippen LogP contribution in [0.25, 0.3) is 21.9 Å². The molecule has 0 aromatic carbocycles. The number of carbonyl (C=O) groups is 1. The van der Waals surface area contributed by atoms with Crippen molar-refractivity contribution >= 4 is 39.5 Å². The second-order valence-electron chi connectivity index (χ2n) is 7.26. The number of amides is 1. The number of aromatic nitrogens is 7. The molecule has 2 N–H and O–H groups in total. The molecule has 0 bridgehead atoms. The monoisotopic (exact) mass is 419 g/mol. The van der Waals surface area contributed by atoms with E-state index in [-0.39, 0.29) is 40.2 Å². The first-order valence-electron chi connectivity index (χ1n) is 12.4. The topological polar surface area (TPSA) is 123 Å². The lowest BCUT2D eigenvalue weighted by Crippen LogP contribution is -2.16. The average molecular weight is 419 g/mol. The summed E-state index contributed by atoms with van der Waals surface area (Å²) in [5.41, 5.74) is 1.30. The number of anilines is 2. The normalized spacial score (nSPS) is 20.9. The molecule has 0 spiro atoms. The highest BCUT2D eigenvalue weighted by atomic mass is 16.2. The van der Waals surface area contributed by atoms with Crippen molar-refractivity contribution in [3.8, 4) is 11.8 Å². The Morgan fingerprint density at radius 1 is 1.23 bits per heavy atom. The summed E-state index contributed by atoms with van der Waals surface area (Å²) in [6.07, 6.45) is 3.53. The number of rotatable bonds is 3. The first-order valence-corrected chi connectivity index (χ1v) is 9.38. The summed E-state index contributed by atoms with van der Waals surface area (Å²) in [5, 5.41) is 21.1. The van der Waals surface area contributed by atoms with Gasteiger partial charge in [-0.15, -0.1) is 15.3 Å². The predicted octanol–water partition coefficient (Wildman–Crippen LogP) is 1.74. The number of nitrogens with zero attached hydrogens (tertiary/aromatic N) is 7. The number of pyridine rings is 2. The Labute approximate surface area is 185 Å². The van der Waals surface area contributed by atoms with E-state index in [1.807, 2.05) is 6.92 Å². The molecule has 1 amide bonds. The molecule has 31 heavy (non-hydrogen) atoms. The second kappa shape index (κ2) is 7.28. The smallest absolute Gasteiger partial charge is 0.228 e. The highest BCUT2D eigenvalue weighted by molar-refractivity contribution is 5.97. The van der Waals surface area contributed by atoms with Crippen molar-refractivity contribution in [3.05, 3.63) is 35.8 Å². The van der Waals surface area contributed by atoms with Crippen LogP contribution in [-0.2, 0) is 11.8 Å². The van der Waals surface area contributed by atoms with Gasteiger partial charge in [0, 0.05) is 45.7 Å². The fourth-order valence-electron chi connectivity index (χ4n) is 3.22. The molecular weight excluding hydrogens is 394 g/mol. The van der Waals surface area contributed by atoms with E-state index in [0.717, 1.165) is 11.1 Å². The van der Waals surface area contributed by atoms with Crippen LogP contribution in [0.3, 0.4) is 0 Å². The Balaban J connectivity index is 1.56. The number of nitrogens with one attached hydrogen (secondary N) is 2. The van der Waals surface area contributed by atoms with E-state index >= 15 is 0 Å². The molecule has 1 aliphatic carbocycles. The molecule has 5 rings (SSSR count). The lowest BCUT2D eigenvalue weighted by molar-refractivity contribution is -0.117. The second-order valence-corrected chi connectivity index (χ2v) is 7.26. The Bertz CT molecular complexity index is 1600. The van der Waals surface area contributed by atoms with E-state index in [1.54, 1.807) is 6.07 Å². The first-order chi connectivity index (χ1) is 17.4. The first kappa shape index (κ1) is 13.2. The standard InChI is InChI=1S/C21H19N9O/c1-11-6-14(11)21(31)25-18-8-15-12(9-24-20(22-2)19(15)28-27-18)4-5-13-7-17-16(10-23-13)26-29-30(17)3/h7-11,14H,6H2,1-3H3,(H,22,24)(H,25,27,31)/t11-,14+/m1/s1/i2D3,3D3. The molecule has 0 unspecified atom stereocenters. The molecule has 0 saturated heterocycles. The van der Waals surface area contributed by atoms with E-state index in [1.165, 1.54) is 18.5 Å². The molecule has 4 aromatic heterocycles. The zero-order chi connectivity index (χ0) is 26.5. The van der Waals surface area contributed by atoms with Gasteiger partial charge in [-0.05, 0) is 24.3 Å². The van der Waals surface area contributed by atoms with E-state index in [9.17, 15) is 4.79 Å². The van der Waals surface area contributed by atoms with Gasteiger partial charge < -0.3 is 10.6 Å². The minimum atomic E-state index is -2.52. The summed E-state index contributed by atoms with van der Waals surface area (Å²) in [7, 11) is 0. The van der Waals surface area contributed by atoms with E-state index in [2.05, 4.69) is 53.0 Å². The van der Waals surface area contributed by atoms with Gasteiger partial charge in [-0.1, -0.05) is 18.1 Å². The maximum absolute atomic E-state index is 12.4. The minimum Gasteiger partial charge on any atom is -0.371 e. The van der Waals surface area contributed by atoms with Gasteiger partial charge in [-0.2, -0.15) is 0 Å². The summed E-state index contributed by atoms with van der Waals surface area (Å²) in [4.78, 5) is 20.7. The third-order valence-electron chi connectivity index (χ3n) is 5.10. The number of aryl methyl sites for hydroxylation is 1. The van der Waals surface area contributed by atoms with Gasteiger partial charge in [0.15, 0.2) is 11.6 Å². The largest absolute Gasteiger partial charge is 0.371 e. The van der Waals surface area contributed by atoms with Crippen LogP contribution in [0.1, 0.15) is 32.8 Å². The predicted molar refractivity (Wildman–Crippen MR) is 115 cm³/mol. The van der Waals surface area contributed by atoms with Crippen LogP contribution in [0, 0.1) is 23.7 Å². The van der Waals surface area contributed by atoms with Crippen molar-refractivity contribution in [2.24, 2.45) is 18.8 Å². The van der Waals surface area contributed by atoms with Crippen LogP contribution in [0.4, 0.5) is 11.6 Å². The van der Waals surface area contributed by atoms with Crippen LogP contribution >= 0.6 is 0 Å². The third-order valence-corrected chi connectivity index (χ3v) is 5.10. The molecule has 1 fully saturated rings. The van der Waals surface area contributed by atoms with Gasteiger partial charge >= 0.3 is 0 Å². The quantitative estimate of drug-likeness (QED) is 0.481. The molecule has 4 aromatic rings. The fraction of sp³-hybridized carbons (Fsp3) is 0.286. The van der Waals surface area contributed by atoms with E-state index in [4.69, 9.17) is 8.22 Å². The molecule has 4 heterocycles. The maximum Gasteiger partial charge on any atom is 0.228 e. The zero-order valence-corrected chi connectivity index (χ0v) is 16.2. The third kappa shape index (κ3) is 3.50. The van der Waals surface area contributed by atoms with E-state index in [0.29, 0.717) is 22.4 Å². The Hall–Kier alpha value is -4.13. The Morgan fingerprint density at radius 2 is 2.13 bits per heavy atom. The van der Waals surface area contributed by atoms with Gasteiger partial charge in [0.2, 0.25) is 5.91 Å². The Morgan fingerprint density at radius 3 is 2.94 bits per heavy atom. The highest BCUT2D eigenvalue weighted by Gasteiger charge is 2.39.